The number of nitrogens with zero attached hydrogens (tertiary/aromatic N) is 1. The minimum Gasteiger partial charge on any atom is -0.370 e. The lowest BCUT2D eigenvalue weighted by Gasteiger charge is -2.21. The number of hydrogen-bond donors (Lipinski definition) is 0. The standard InChI is InChI=1S/C9H11NO2/c1-7-3-10-4-8(5-11)2-9(10)6-12-7/h2,4-5,7H,3,6H2,1H3/t7-/m0/s1. The van der Waals surface area contributed by atoms with Gasteiger partial charge in [0.25, 0.3) is 0 Å². The summed E-state index contributed by atoms with van der Waals surface area (Å²) in [4.78, 5) is 10.5. The highest BCUT2D eigenvalue weighted by Crippen LogP contribution is 2.16. The fourth-order valence-corrected chi connectivity index (χ4v) is 1.49. The van der Waals surface area contributed by atoms with Crippen molar-refractivity contribution in [1.82, 2.24) is 4.57 Å². The number of rotatable bonds is 1. The second-order valence-electron chi connectivity index (χ2n) is 3.16. The van der Waals surface area contributed by atoms with E-state index >= 15 is 0 Å². The largest absolute Gasteiger partial charge is 0.370 e. The van der Waals surface area contributed by atoms with Gasteiger partial charge in [0.2, 0.25) is 0 Å². The lowest BCUT2D eigenvalue weighted by Crippen LogP contribution is -2.23. The number of carbonyl (C=O) groups excluding carboxylic acids is 1. The number of carbonyl (C=O) groups is 1. The molecular formula is C9H11NO2. The van der Waals surface area contributed by atoms with E-state index in [1.165, 1.54) is 0 Å². The fraction of sp³-hybridized carbons (Fsp3) is 0.444. The quantitative estimate of drug-likeness (QED) is 0.586. The van der Waals surface area contributed by atoms with Crippen LogP contribution >= 0.6 is 0 Å². The minimum absolute atomic E-state index is 0.254. The van der Waals surface area contributed by atoms with Gasteiger partial charge >= 0.3 is 0 Å². The Hall–Kier alpha value is -1.09. The summed E-state index contributed by atoms with van der Waals surface area (Å²) < 4.78 is 7.51. The molecule has 1 aromatic rings. The molecule has 3 nitrogen and oxygen atoms in total. The van der Waals surface area contributed by atoms with E-state index in [1.54, 1.807) is 0 Å². The van der Waals surface area contributed by atoms with Gasteiger partial charge in [0.05, 0.1) is 12.7 Å². The zero-order valence-corrected chi connectivity index (χ0v) is 6.99. The van der Waals surface area contributed by atoms with Crippen molar-refractivity contribution in [3.63, 3.8) is 0 Å². The molecule has 2 rings (SSSR count). The van der Waals surface area contributed by atoms with Crippen LogP contribution in [0.3, 0.4) is 0 Å². The maximum absolute atomic E-state index is 10.5. The van der Waals surface area contributed by atoms with Gasteiger partial charge in [0.15, 0.2) is 6.29 Å². The number of aldehydes is 1. The fourth-order valence-electron chi connectivity index (χ4n) is 1.49. The molecule has 1 aliphatic heterocycles. The second-order valence-corrected chi connectivity index (χ2v) is 3.16. The van der Waals surface area contributed by atoms with Gasteiger partial charge in [-0.05, 0) is 13.0 Å². The molecule has 1 atom stereocenters. The molecule has 1 aromatic heterocycles. The maximum atomic E-state index is 10.5. The van der Waals surface area contributed by atoms with E-state index in [4.69, 9.17) is 4.74 Å². The Morgan fingerprint density at radius 1 is 1.75 bits per heavy atom. The zero-order valence-electron chi connectivity index (χ0n) is 6.99. The second kappa shape index (κ2) is 2.75. The first-order chi connectivity index (χ1) is 5.79. The van der Waals surface area contributed by atoms with Crippen LogP contribution in [0.25, 0.3) is 0 Å². The third kappa shape index (κ3) is 1.16. The first-order valence-electron chi connectivity index (χ1n) is 4.05. The SMILES string of the molecule is C[C@H]1Cn2cc(C=O)cc2CO1. The lowest BCUT2D eigenvalue weighted by molar-refractivity contribution is 0.0167. The molecule has 12 heavy (non-hydrogen) atoms. The van der Waals surface area contributed by atoms with Crippen molar-refractivity contribution < 1.29 is 9.53 Å². The van der Waals surface area contributed by atoms with Crippen molar-refractivity contribution in [3.05, 3.63) is 23.5 Å². The molecule has 0 fully saturated rings. The predicted octanol–water partition coefficient (Wildman–Crippen LogP) is 1.22. The lowest BCUT2D eigenvalue weighted by atomic mass is 10.3. The molecule has 3 heteroatoms. The van der Waals surface area contributed by atoms with Gasteiger partial charge in [0, 0.05) is 24.0 Å². The Balaban J connectivity index is 2.34. The van der Waals surface area contributed by atoms with Crippen molar-refractivity contribution in [2.75, 3.05) is 0 Å². The molecular weight excluding hydrogens is 154 g/mol. The summed E-state index contributed by atoms with van der Waals surface area (Å²) in [6, 6.07) is 1.87. The number of ether oxygens (including phenoxy) is 1. The van der Waals surface area contributed by atoms with Gasteiger partial charge < -0.3 is 9.30 Å². The summed E-state index contributed by atoms with van der Waals surface area (Å²) in [6.07, 6.45) is 3.00. The van der Waals surface area contributed by atoms with Crippen LogP contribution in [-0.4, -0.2) is 17.0 Å². The molecule has 0 amide bonds. The first kappa shape index (κ1) is 7.55. The van der Waals surface area contributed by atoms with E-state index in [-0.39, 0.29) is 6.10 Å². The highest BCUT2D eigenvalue weighted by atomic mass is 16.5. The zero-order chi connectivity index (χ0) is 8.55. The van der Waals surface area contributed by atoms with Crippen LogP contribution in [0.15, 0.2) is 12.3 Å². The van der Waals surface area contributed by atoms with Crippen LogP contribution in [0.1, 0.15) is 23.0 Å². The van der Waals surface area contributed by atoms with Gasteiger partial charge in [-0.3, -0.25) is 4.79 Å². The molecule has 0 N–H and O–H groups in total. The average molecular weight is 165 g/mol. The van der Waals surface area contributed by atoms with Gasteiger partial charge in [-0.15, -0.1) is 0 Å². The van der Waals surface area contributed by atoms with Crippen LogP contribution in [-0.2, 0) is 17.9 Å². The molecule has 0 aromatic carbocycles. The van der Waals surface area contributed by atoms with E-state index in [0.717, 1.165) is 24.1 Å². The van der Waals surface area contributed by atoms with Crippen LogP contribution in [0.2, 0.25) is 0 Å². The van der Waals surface area contributed by atoms with Crippen molar-refractivity contribution in [2.45, 2.75) is 26.2 Å². The number of hydrogen-bond acceptors (Lipinski definition) is 2. The van der Waals surface area contributed by atoms with Gasteiger partial charge in [-0.1, -0.05) is 0 Å². The van der Waals surface area contributed by atoms with E-state index in [0.29, 0.717) is 6.61 Å². The molecule has 0 saturated carbocycles. The number of aromatic nitrogens is 1. The maximum Gasteiger partial charge on any atom is 0.151 e. The average Bonchev–Trinajstić information content (AvgIpc) is 2.46. The van der Waals surface area contributed by atoms with Crippen LogP contribution in [0.5, 0.6) is 0 Å². The third-order valence-electron chi connectivity index (χ3n) is 2.11. The Kier molecular flexibility index (Phi) is 1.73. The molecule has 1 aliphatic rings. The monoisotopic (exact) mass is 165 g/mol. The summed E-state index contributed by atoms with van der Waals surface area (Å²) in [5.41, 5.74) is 1.83. The molecule has 0 aliphatic carbocycles. The summed E-state index contributed by atoms with van der Waals surface area (Å²) in [5.74, 6) is 0. The first-order valence-corrected chi connectivity index (χ1v) is 4.05. The summed E-state index contributed by atoms with van der Waals surface area (Å²) in [6.45, 7) is 3.50. The normalized spacial score (nSPS) is 21.9. The minimum atomic E-state index is 0.254. The highest BCUT2D eigenvalue weighted by molar-refractivity contribution is 5.74. The van der Waals surface area contributed by atoms with Crippen LogP contribution in [0, 0.1) is 0 Å². The van der Waals surface area contributed by atoms with Crippen molar-refractivity contribution in [3.8, 4) is 0 Å². The summed E-state index contributed by atoms with van der Waals surface area (Å²) in [7, 11) is 0. The van der Waals surface area contributed by atoms with E-state index in [1.807, 2.05) is 19.2 Å². The van der Waals surface area contributed by atoms with Crippen molar-refractivity contribution >= 4 is 6.29 Å². The van der Waals surface area contributed by atoms with Crippen LogP contribution in [0.4, 0.5) is 0 Å². The smallest absolute Gasteiger partial charge is 0.151 e. The summed E-state index contributed by atoms with van der Waals surface area (Å²) >= 11 is 0. The third-order valence-corrected chi connectivity index (χ3v) is 2.11. The Morgan fingerprint density at radius 3 is 3.33 bits per heavy atom. The number of fused-ring (bicyclic) bond motifs is 1. The van der Waals surface area contributed by atoms with Gasteiger partial charge in [-0.25, -0.2) is 0 Å². The molecule has 0 unspecified atom stereocenters. The Bertz CT molecular complexity index is 303. The topological polar surface area (TPSA) is 31.2 Å². The van der Waals surface area contributed by atoms with Crippen molar-refractivity contribution in [1.29, 1.82) is 0 Å². The van der Waals surface area contributed by atoms with E-state index in [2.05, 4.69) is 4.57 Å². The van der Waals surface area contributed by atoms with E-state index in [9.17, 15) is 4.79 Å². The molecule has 2 heterocycles. The Morgan fingerprint density at radius 2 is 2.58 bits per heavy atom. The van der Waals surface area contributed by atoms with Gasteiger partial charge in [-0.2, -0.15) is 0 Å². The Labute approximate surface area is 70.9 Å². The molecule has 0 radical (unpaired) electrons. The van der Waals surface area contributed by atoms with Crippen LogP contribution < -0.4 is 0 Å². The molecule has 0 spiro atoms. The molecule has 64 valence electrons. The predicted molar refractivity (Wildman–Crippen MR) is 44.1 cm³/mol. The molecule has 0 bridgehead atoms. The van der Waals surface area contributed by atoms with Crippen molar-refractivity contribution in [2.24, 2.45) is 0 Å². The van der Waals surface area contributed by atoms with Gasteiger partial charge in [0.1, 0.15) is 0 Å². The molecule has 0 saturated heterocycles. The summed E-state index contributed by atoms with van der Waals surface area (Å²) in [5, 5.41) is 0. The van der Waals surface area contributed by atoms with E-state index < -0.39 is 0 Å². The highest BCUT2D eigenvalue weighted by Gasteiger charge is 2.15.